The summed E-state index contributed by atoms with van der Waals surface area (Å²) in [5, 5.41) is 9.23. The van der Waals surface area contributed by atoms with Gasteiger partial charge in [0.15, 0.2) is 5.78 Å². The van der Waals surface area contributed by atoms with Gasteiger partial charge in [0.25, 0.3) is 0 Å². The van der Waals surface area contributed by atoms with E-state index in [4.69, 9.17) is 4.74 Å². The lowest BCUT2D eigenvalue weighted by molar-refractivity contribution is -0.148. The summed E-state index contributed by atoms with van der Waals surface area (Å²) in [5.41, 5.74) is 0.000210. The summed E-state index contributed by atoms with van der Waals surface area (Å²) < 4.78 is 5.16. The summed E-state index contributed by atoms with van der Waals surface area (Å²) in [6, 6.07) is 9.04. The van der Waals surface area contributed by atoms with Crippen molar-refractivity contribution in [2.75, 3.05) is 6.61 Å². The quantitative estimate of drug-likeness (QED) is 0.789. The molecule has 1 atom stereocenters. The molecule has 0 amide bonds. The summed E-state index contributed by atoms with van der Waals surface area (Å²) >= 11 is 0. The molecule has 4 nitrogen and oxygen atoms in total. The number of ketones is 1. The van der Waals surface area contributed by atoms with E-state index in [1.807, 2.05) is 0 Å². The van der Waals surface area contributed by atoms with Crippen molar-refractivity contribution in [1.82, 2.24) is 0 Å². The first-order valence-electron chi connectivity index (χ1n) is 6.53. The molecule has 1 aromatic rings. The number of carbonyl (C=O) groups is 2. The molecule has 0 spiro atoms. The fraction of sp³-hybridized carbons (Fsp3) is 0.312. The Hall–Kier alpha value is -2.41. The molecule has 4 heteroatoms. The van der Waals surface area contributed by atoms with Crippen LogP contribution in [0.25, 0.3) is 0 Å². The zero-order chi connectivity index (χ0) is 14.6. The average Bonchev–Trinajstić information content (AvgIpc) is 2.48. The number of nitrogens with zero attached hydrogens (tertiary/aromatic N) is 1. The second-order valence-electron chi connectivity index (χ2n) is 4.65. The van der Waals surface area contributed by atoms with Gasteiger partial charge in [-0.05, 0) is 31.1 Å². The Balaban J connectivity index is 2.58. The summed E-state index contributed by atoms with van der Waals surface area (Å²) in [6.45, 7) is 2.00. The van der Waals surface area contributed by atoms with E-state index in [-0.39, 0.29) is 18.8 Å². The van der Waals surface area contributed by atoms with Gasteiger partial charge in [-0.25, -0.2) is 0 Å². The van der Waals surface area contributed by atoms with Gasteiger partial charge in [-0.3, -0.25) is 9.59 Å². The second kappa shape index (κ2) is 5.70. The minimum absolute atomic E-state index is 0.0145. The van der Waals surface area contributed by atoms with Crippen LogP contribution in [0.4, 0.5) is 0 Å². The highest BCUT2D eigenvalue weighted by Crippen LogP contribution is 2.37. The summed E-state index contributed by atoms with van der Waals surface area (Å²) in [4.78, 5) is 23.8. The molecular weight excluding hydrogens is 254 g/mol. The molecule has 1 aliphatic rings. The van der Waals surface area contributed by atoms with Gasteiger partial charge in [0.2, 0.25) is 0 Å². The topological polar surface area (TPSA) is 67.2 Å². The summed E-state index contributed by atoms with van der Waals surface area (Å²) in [7, 11) is 0. The molecule has 0 saturated carbocycles. The molecular formula is C16H15NO3. The van der Waals surface area contributed by atoms with E-state index in [0.29, 0.717) is 17.5 Å². The van der Waals surface area contributed by atoms with Crippen LogP contribution in [0.3, 0.4) is 0 Å². The molecule has 1 unspecified atom stereocenters. The minimum atomic E-state index is -1.03. The van der Waals surface area contributed by atoms with Gasteiger partial charge in [0.05, 0.1) is 18.2 Å². The van der Waals surface area contributed by atoms with Crippen LogP contribution in [-0.2, 0) is 19.7 Å². The van der Waals surface area contributed by atoms with Crippen molar-refractivity contribution in [1.29, 1.82) is 5.26 Å². The summed E-state index contributed by atoms with van der Waals surface area (Å²) in [5.74, 6) is -0.425. The van der Waals surface area contributed by atoms with E-state index < -0.39 is 11.4 Å². The number of allylic oxidation sites excluding steroid dienone is 1. The molecule has 0 heterocycles. The molecule has 1 aliphatic carbocycles. The van der Waals surface area contributed by atoms with E-state index >= 15 is 0 Å². The lowest BCUT2D eigenvalue weighted by Crippen LogP contribution is -2.39. The standard InChI is InChI=1S/C16H15NO3/c1-2-20-15(19)16(9-7-13(18)8-10-16)14-6-4-3-5-12(14)11-17/h3-7,9H,2,8,10H2,1H3. The fourth-order valence-electron chi connectivity index (χ4n) is 2.46. The predicted octanol–water partition coefficient (Wildman–Crippen LogP) is 2.28. The van der Waals surface area contributed by atoms with Gasteiger partial charge in [0, 0.05) is 6.42 Å². The first kappa shape index (κ1) is 14.0. The third kappa shape index (κ3) is 2.35. The van der Waals surface area contributed by atoms with Crippen molar-refractivity contribution in [3.8, 4) is 6.07 Å². The molecule has 0 fully saturated rings. The Morgan fingerprint density at radius 3 is 2.80 bits per heavy atom. The SMILES string of the molecule is CCOC(=O)C1(c2ccccc2C#N)C=CC(=O)CC1. The highest BCUT2D eigenvalue weighted by atomic mass is 16.5. The van der Waals surface area contributed by atoms with Crippen molar-refractivity contribution < 1.29 is 14.3 Å². The van der Waals surface area contributed by atoms with Gasteiger partial charge < -0.3 is 4.74 Å². The number of carbonyl (C=O) groups excluding carboxylic acids is 2. The zero-order valence-electron chi connectivity index (χ0n) is 11.3. The molecule has 1 aromatic carbocycles. The van der Waals surface area contributed by atoms with Gasteiger partial charge in [0.1, 0.15) is 5.41 Å². The number of hydrogen-bond donors (Lipinski definition) is 0. The summed E-state index contributed by atoms with van der Waals surface area (Å²) in [6.07, 6.45) is 3.59. The maximum atomic E-state index is 12.4. The van der Waals surface area contributed by atoms with Crippen LogP contribution in [0.1, 0.15) is 30.9 Å². The maximum Gasteiger partial charge on any atom is 0.320 e. The minimum Gasteiger partial charge on any atom is -0.465 e. The van der Waals surface area contributed by atoms with Crippen LogP contribution in [0.2, 0.25) is 0 Å². The van der Waals surface area contributed by atoms with Crippen LogP contribution in [0.15, 0.2) is 36.4 Å². The Kier molecular flexibility index (Phi) is 3.99. The number of nitriles is 1. The van der Waals surface area contributed by atoms with E-state index in [0.717, 1.165) is 0 Å². The Morgan fingerprint density at radius 1 is 1.45 bits per heavy atom. The van der Waals surface area contributed by atoms with E-state index in [1.165, 1.54) is 6.08 Å². The van der Waals surface area contributed by atoms with E-state index in [9.17, 15) is 14.9 Å². The third-order valence-corrected chi connectivity index (χ3v) is 3.49. The molecule has 20 heavy (non-hydrogen) atoms. The van der Waals surface area contributed by atoms with Crippen molar-refractivity contribution in [3.63, 3.8) is 0 Å². The Labute approximate surface area is 117 Å². The predicted molar refractivity (Wildman–Crippen MR) is 72.8 cm³/mol. The first-order valence-corrected chi connectivity index (χ1v) is 6.53. The number of hydrogen-bond acceptors (Lipinski definition) is 4. The zero-order valence-corrected chi connectivity index (χ0v) is 11.3. The Bertz CT molecular complexity index is 612. The van der Waals surface area contributed by atoms with E-state index in [1.54, 1.807) is 37.3 Å². The van der Waals surface area contributed by atoms with Gasteiger partial charge in [-0.15, -0.1) is 0 Å². The number of esters is 1. The van der Waals surface area contributed by atoms with Crippen molar-refractivity contribution >= 4 is 11.8 Å². The number of benzene rings is 1. The van der Waals surface area contributed by atoms with Gasteiger partial charge in [-0.1, -0.05) is 24.3 Å². The molecule has 2 rings (SSSR count). The van der Waals surface area contributed by atoms with Crippen LogP contribution in [0.5, 0.6) is 0 Å². The fourth-order valence-corrected chi connectivity index (χ4v) is 2.46. The van der Waals surface area contributed by atoms with Crippen LogP contribution >= 0.6 is 0 Å². The smallest absolute Gasteiger partial charge is 0.320 e. The van der Waals surface area contributed by atoms with Crippen LogP contribution < -0.4 is 0 Å². The largest absolute Gasteiger partial charge is 0.465 e. The van der Waals surface area contributed by atoms with Crippen molar-refractivity contribution in [2.45, 2.75) is 25.2 Å². The average molecular weight is 269 g/mol. The molecule has 0 aliphatic heterocycles. The van der Waals surface area contributed by atoms with Crippen molar-refractivity contribution in [3.05, 3.63) is 47.5 Å². The lowest BCUT2D eigenvalue weighted by atomic mass is 9.71. The third-order valence-electron chi connectivity index (χ3n) is 3.49. The number of ether oxygens (including phenoxy) is 1. The molecule has 0 bridgehead atoms. The Morgan fingerprint density at radius 2 is 2.20 bits per heavy atom. The molecule has 0 saturated heterocycles. The molecule has 0 aromatic heterocycles. The second-order valence-corrected chi connectivity index (χ2v) is 4.65. The highest BCUT2D eigenvalue weighted by Gasteiger charge is 2.42. The monoisotopic (exact) mass is 269 g/mol. The van der Waals surface area contributed by atoms with Crippen LogP contribution in [-0.4, -0.2) is 18.4 Å². The maximum absolute atomic E-state index is 12.4. The van der Waals surface area contributed by atoms with Gasteiger partial charge in [-0.2, -0.15) is 5.26 Å². The molecule has 0 N–H and O–H groups in total. The first-order chi connectivity index (χ1) is 9.64. The van der Waals surface area contributed by atoms with E-state index in [2.05, 4.69) is 6.07 Å². The van der Waals surface area contributed by atoms with Crippen LogP contribution in [0, 0.1) is 11.3 Å². The normalized spacial score (nSPS) is 21.3. The highest BCUT2D eigenvalue weighted by molar-refractivity contribution is 5.96. The molecule has 102 valence electrons. The molecule has 0 radical (unpaired) electrons. The van der Waals surface area contributed by atoms with Crippen molar-refractivity contribution in [2.24, 2.45) is 0 Å². The lowest BCUT2D eigenvalue weighted by Gasteiger charge is -2.31. The van der Waals surface area contributed by atoms with Gasteiger partial charge >= 0.3 is 5.97 Å². The number of rotatable bonds is 3.